The molecule has 0 aliphatic carbocycles. The van der Waals surface area contributed by atoms with Crippen molar-refractivity contribution >= 4 is 39.4 Å². The maximum atomic E-state index is 13.5. The predicted molar refractivity (Wildman–Crippen MR) is 90.0 cm³/mol. The molecule has 8 heteroatoms. The van der Waals surface area contributed by atoms with E-state index >= 15 is 0 Å². The molecule has 0 amide bonds. The van der Waals surface area contributed by atoms with E-state index in [0.717, 1.165) is 0 Å². The van der Waals surface area contributed by atoms with Gasteiger partial charge >= 0.3 is 0 Å². The molecule has 1 unspecified atom stereocenters. The molecule has 1 atom stereocenters. The van der Waals surface area contributed by atoms with Crippen LogP contribution in [0.25, 0.3) is 0 Å². The maximum absolute atomic E-state index is 13.5. The highest BCUT2D eigenvalue weighted by molar-refractivity contribution is 8.13. The third kappa shape index (κ3) is 4.63. The molecule has 120 valence electrons. The molecule has 0 bridgehead atoms. The Labute approximate surface area is 139 Å². The van der Waals surface area contributed by atoms with Gasteiger partial charge in [0.2, 0.25) is 0 Å². The second-order valence-electron chi connectivity index (χ2n) is 5.79. The van der Waals surface area contributed by atoms with Gasteiger partial charge < -0.3 is 4.43 Å². The predicted octanol–water partition coefficient (Wildman–Crippen LogP) is 4.76. The largest absolute Gasteiger partial charge is 0.406 e. The number of hydrogen-bond acceptors (Lipinski definition) is 4. The van der Waals surface area contributed by atoms with Gasteiger partial charge in [0, 0.05) is 20.9 Å². The Morgan fingerprint density at radius 2 is 1.95 bits per heavy atom. The second-order valence-corrected chi connectivity index (χ2v) is 13.8. The van der Waals surface area contributed by atoms with Crippen LogP contribution in [0.15, 0.2) is 40.6 Å². The van der Waals surface area contributed by atoms with E-state index in [1.54, 1.807) is 12.1 Å². The van der Waals surface area contributed by atoms with E-state index < -0.39 is 23.5 Å². The summed E-state index contributed by atoms with van der Waals surface area (Å²) in [5.74, 6) is -0.358. The Hall–Kier alpha value is -0.733. The van der Waals surface area contributed by atoms with Crippen LogP contribution in [0.3, 0.4) is 0 Å². The van der Waals surface area contributed by atoms with Crippen molar-refractivity contribution in [3.8, 4) is 0 Å². The van der Waals surface area contributed by atoms with Crippen molar-refractivity contribution in [2.24, 2.45) is 0 Å². The van der Waals surface area contributed by atoms with Gasteiger partial charge in [-0.15, -0.1) is 11.3 Å². The topological polar surface area (TPSA) is 43.4 Å². The molecule has 0 aliphatic rings. The number of rotatable bonds is 5. The zero-order valence-electron chi connectivity index (χ0n) is 12.3. The molecule has 0 fully saturated rings. The van der Waals surface area contributed by atoms with Crippen LogP contribution in [0.4, 0.5) is 4.39 Å². The number of thiophene rings is 1. The zero-order chi connectivity index (χ0) is 16.5. The lowest BCUT2D eigenvalue weighted by Crippen LogP contribution is -2.28. The molecule has 2 aromatic rings. The lowest BCUT2D eigenvalue weighted by atomic mass is 10.1. The van der Waals surface area contributed by atoms with Gasteiger partial charge in [-0.1, -0.05) is 12.1 Å². The highest BCUT2D eigenvalue weighted by Crippen LogP contribution is 2.35. The smallest absolute Gasteiger partial charge is 0.262 e. The van der Waals surface area contributed by atoms with Crippen LogP contribution in [0.1, 0.15) is 16.5 Å². The van der Waals surface area contributed by atoms with E-state index in [1.807, 2.05) is 19.6 Å². The van der Waals surface area contributed by atoms with Gasteiger partial charge in [-0.05, 0) is 43.4 Å². The third-order valence-electron chi connectivity index (χ3n) is 2.76. The summed E-state index contributed by atoms with van der Waals surface area (Å²) in [7, 11) is -0.356. The van der Waals surface area contributed by atoms with Crippen molar-refractivity contribution in [2.75, 3.05) is 0 Å². The Morgan fingerprint density at radius 3 is 2.45 bits per heavy atom. The van der Waals surface area contributed by atoms with Crippen LogP contribution < -0.4 is 0 Å². The molecular formula is C14H16ClFO3S2Si. The first kappa shape index (κ1) is 17.6. The average molecular weight is 379 g/mol. The van der Waals surface area contributed by atoms with Gasteiger partial charge in [-0.2, -0.15) is 0 Å². The number of halogens is 2. The van der Waals surface area contributed by atoms with E-state index in [9.17, 15) is 12.8 Å². The summed E-state index contributed by atoms with van der Waals surface area (Å²) in [6.07, 6.45) is -0.500. The Balaban J connectivity index is 2.47. The van der Waals surface area contributed by atoms with Gasteiger partial charge in [0.1, 0.15) is 11.9 Å². The van der Waals surface area contributed by atoms with Crippen molar-refractivity contribution in [3.63, 3.8) is 0 Å². The fraction of sp³-hybridized carbons (Fsp3) is 0.286. The van der Waals surface area contributed by atoms with Gasteiger partial charge in [0.25, 0.3) is 9.05 Å². The van der Waals surface area contributed by atoms with Gasteiger partial charge in [-0.3, -0.25) is 0 Å². The standard InChI is InChI=1S/C14H16ClFO3S2Si/c1-22(2,3)19-14(10-5-4-6-11(16)7-10)13-8-12(9-20-13)21(15,17)18/h4-9,14H,1-3H3. The number of benzene rings is 1. The molecule has 0 spiro atoms. The zero-order valence-corrected chi connectivity index (χ0v) is 15.7. The maximum Gasteiger partial charge on any atom is 0.262 e. The average Bonchev–Trinajstić information content (AvgIpc) is 2.84. The molecule has 0 N–H and O–H groups in total. The molecule has 0 saturated heterocycles. The molecule has 1 aromatic carbocycles. The molecule has 0 radical (unpaired) electrons. The van der Waals surface area contributed by atoms with Gasteiger partial charge in [0.05, 0.1) is 4.90 Å². The quantitative estimate of drug-likeness (QED) is 0.556. The molecule has 0 saturated carbocycles. The van der Waals surface area contributed by atoms with Crippen LogP contribution >= 0.6 is 22.0 Å². The van der Waals surface area contributed by atoms with Crippen molar-refractivity contribution < 1.29 is 17.2 Å². The summed E-state index contributed by atoms with van der Waals surface area (Å²) in [6.45, 7) is 6.06. The Kier molecular flexibility index (Phi) is 5.13. The molecule has 22 heavy (non-hydrogen) atoms. The van der Waals surface area contributed by atoms with Crippen LogP contribution in [-0.2, 0) is 13.5 Å². The van der Waals surface area contributed by atoms with Crippen LogP contribution in [-0.4, -0.2) is 16.7 Å². The molecule has 0 aliphatic heterocycles. The molecule has 2 rings (SSSR count). The van der Waals surface area contributed by atoms with E-state index in [4.69, 9.17) is 15.1 Å². The van der Waals surface area contributed by atoms with Gasteiger partial charge in [0.15, 0.2) is 8.32 Å². The summed E-state index contributed by atoms with van der Waals surface area (Å²) >= 11 is 1.24. The highest BCUT2D eigenvalue weighted by Gasteiger charge is 2.26. The molecule has 3 nitrogen and oxygen atoms in total. The first-order valence-electron chi connectivity index (χ1n) is 6.53. The monoisotopic (exact) mass is 378 g/mol. The van der Waals surface area contributed by atoms with Crippen molar-refractivity contribution in [1.29, 1.82) is 0 Å². The normalized spacial score (nSPS) is 14.0. The lowest BCUT2D eigenvalue weighted by Gasteiger charge is -2.26. The van der Waals surface area contributed by atoms with Crippen LogP contribution in [0.2, 0.25) is 19.6 Å². The fourth-order valence-electron chi connectivity index (χ4n) is 1.91. The first-order chi connectivity index (χ1) is 10.1. The molecule has 1 heterocycles. The minimum Gasteiger partial charge on any atom is -0.406 e. The molecule has 1 aromatic heterocycles. The first-order valence-corrected chi connectivity index (χ1v) is 13.1. The van der Waals surface area contributed by atoms with Crippen molar-refractivity contribution in [3.05, 3.63) is 52.0 Å². The Morgan fingerprint density at radius 1 is 1.27 bits per heavy atom. The van der Waals surface area contributed by atoms with E-state index in [0.29, 0.717) is 10.4 Å². The van der Waals surface area contributed by atoms with Crippen LogP contribution in [0, 0.1) is 5.82 Å². The highest BCUT2D eigenvalue weighted by atomic mass is 35.7. The van der Waals surface area contributed by atoms with E-state index in [1.165, 1.54) is 34.9 Å². The summed E-state index contributed by atoms with van der Waals surface area (Å²) in [4.78, 5) is 0.724. The van der Waals surface area contributed by atoms with Crippen LogP contribution in [0.5, 0.6) is 0 Å². The number of hydrogen-bond donors (Lipinski definition) is 0. The minimum atomic E-state index is -3.79. The lowest BCUT2D eigenvalue weighted by molar-refractivity contribution is 0.243. The summed E-state index contributed by atoms with van der Waals surface area (Å²) < 4.78 is 42.5. The van der Waals surface area contributed by atoms with Crippen molar-refractivity contribution in [2.45, 2.75) is 30.6 Å². The molecular weight excluding hydrogens is 363 g/mol. The Bertz CT molecular complexity index is 768. The van der Waals surface area contributed by atoms with Crippen molar-refractivity contribution in [1.82, 2.24) is 0 Å². The summed E-state index contributed by atoms with van der Waals surface area (Å²) in [5, 5.41) is 1.47. The summed E-state index contributed by atoms with van der Waals surface area (Å²) in [5.41, 5.74) is 0.655. The minimum absolute atomic E-state index is 0.0368. The fourth-order valence-corrected chi connectivity index (χ4v) is 5.20. The third-order valence-corrected chi connectivity index (χ3v) is 6.16. The van der Waals surface area contributed by atoms with E-state index in [-0.39, 0.29) is 10.7 Å². The SMILES string of the molecule is C[Si](C)(C)OC(c1cccc(F)c1)c1cc(S(=O)(=O)Cl)cs1. The van der Waals surface area contributed by atoms with E-state index in [2.05, 4.69) is 0 Å². The van der Waals surface area contributed by atoms with Gasteiger partial charge in [-0.25, -0.2) is 12.8 Å². The second kappa shape index (κ2) is 6.41. The summed E-state index contributed by atoms with van der Waals surface area (Å²) in [6, 6.07) is 7.63.